The SMILES string of the molecule is CC1(C)c2ccccc2-c2cc(-c3cc(-c4nc5ccccn5n4)cc(-c4nc5ccccn5n4)c3)ccc21. The minimum atomic E-state index is -0.0294. The fraction of sp³-hybridized carbons (Fsp3) is 0.0909. The van der Waals surface area contributed by atoms with Crippen LogP contribution in [0.3, 0.4) is 0 Å². The number of nitrogens with zero attached hydrogens (tertiary/aromatic N) is 6. The van der Waals surface area contributed by atoms with Gasteiger partial charge < -0.3 is 0 Å². The lowest BCUT2D eigenvalue weighted by atomic mass is 9.82. The summed E-state index contributed by atoms with van der Waals surface area (Å²) < 4.78 is 3.61. The van der Waals surface area contributed by atoms with E-state index >= 15 is 0 Å². The summed E-state index contributed by atoms with van der Waals surface area (Å²) in [5.74, 6) is 1.33. The topological polar surface area (TPSA) is 60.4 Å². The summed E-state index contributed by atoms with van der Waals surface area (Å²) in [7, 11) is 0. The average Bonchev–Trinajstić information content (AvgIpc) is 3.66. The molecular weight excluding hydrogens is 480 g/mol. The average molecular weight is 505 g/mol. The van der Waals surface area contributed by atoms with Gasteiger partial charge >= 0.3 is 0 Å². The maximum absolute atomic E-state index is 4.81. The lowest BCUT2D eigenvalue weighted by molar-refractivity contribution is 0.660. The first-order chi connectivity index (χ1) is 19.0. The lowest BCUT2D eigenvalue weighted by Gasteiger charge is -2.21. The van der Waals surface area contributed by atoms with Crippen LogP contribution in [-0.4, -0.2) is 29.2 Å². The van der Waals surface area contributed by atoms with Crippen LogP contribution < -0.4 is 0 Å². The van der Waals surface area contributed by atoms with Crippen molar-refractivity contribution >= 4 is 11.3 Å². The standard InChI is InChI=1S/C33H24N6/c1-33(2)27-10-4-3-9-25(27)26-20-21(13-14-28(26)33)22-17-23(31-34-29-11-5-7-15-38(29)36-31)19-24(18-22)32-35-30-12-6-8-16-39(30)37-32/h3-20H,1-2H3. The van der Waals surface area contributed by atoms with E-state index in [9.17, 15) is 0 Å². The molecule has 186 valence electrons. The van der Waals surface area contributed by atoms with Gasteiger partial charge in [0.05, 0.1) is 0 Å². The number of fused-ring (bicyclic) bond motifs is 5. The van der Waals surface area contributed by atoms with Crippen LogP contribution in [0.15, 0.2) is 109 Å². The maximum atomic E-state index is 4.81. The Kier molecular flexibility index (Phi) is 4.47. The third kappa shape index (κ3) is 3.35. The highest BCUT2D eigenvalue weighted by atomic mass is 15.3. The molecular formula is C33H24N6. The van der Waals surface area contributed by atoms with Gasteiger partial charge in [0.2, 0.25) is 0 Å². The molecule has 4 heterocycles. The van der Waals surface area contributed by atoms with Crippen LogP contribution >= 0.6 is 0 Å². The quantitative estimate of drug-likeness (QED) is 0.258. The van der Waals surface area contributed by atoms with E-state index < -0.39 is 0 Å². The minimum Gasteiger partial charge on any atom is -0.221 e. The smallest absolute Gasteiger partial charge is 0.182 e. The van der Waals surface area contributed by atoms with Crippen molar-refractivity contribution in [3.05, 3.63) is 121 Å². The van der Waals surface area contributed by atoms with Crippen LogP contribution in [0.5, 0.6) is 0 Å². The first-order valence-corrected chi connectivity index (χ1v) is 13.1. The van der Waals surface area contributed by atoms with E-state index in [2.05, 4.69) is 74.5 Å². The van der Waals surface area contributed by atoms with Gasteiger partial charge in [-0.15, -0.1) is 10.2 Å². The molecule has 0 aliphatic heterocycles. The molecule has 39 heavy (non-hydrogen) atoms. The van der Waals surface area contributed by atoms with Crippen molar-refractivity contribution in [1.29, 1.82) is 0 Å². The number of aromatic nitrogens is 6. The predicted molar refractivity (Wildman–Crippen MR) is 153 cm³/mol. The molecule has 1 aliphatic carbocycles. The van der Waals surface area contributed by atoms with Crippen LogP contribution in [0.2, 0.25) is 0 Å². The summed E-state index contributed by atoms with van der Waals surface area (Å²) in [4.78, 5) is 9.62. The van der Waals surface area contributed by atoms with Gasteiger partial charge in [-0.25, -0.2) is 19.0 Å². The zero-order valence-electron chi connectivity index (χ0n) is 21.6. The Hall–Kier alpha value is -5.10. The van der Waals surface area contributed by atoms with E-state index in [1.54, 1.807) is 9.03 Å². The fourth-order valence-electron chi connectivity index (χ4n) is 5.86. The maximum Gasteiger partial charge on any atom is 0.182 e. The summed E-state index contributed by atoms with van der Waals surface area (Å²) in [6.07, 6.45) is 3.83. The summed E-state index contributed by atoms with van der Waals surface area (Å²) in [5, 5.41) is 9.52. The van der Waals surface area contributed by atoms with Crippen molar-refractivity contribution in [2.75, 3.05) is 0 Å². The number of hydrogen-bond donors (Lipinski definition) is 0. The summed E-state index contributed by atoms with van der Waals surface area (Å²) >= 11 is 0. The highest BCUT2D eigenvalue weighted by molar-refractivity contribution is 5.86. The molecule has 0 unspecified atom stereocenters. The molecule has 0 spiro atoms. The lowest BCUT2D eigenvalue weighted by Crippen LogP contribution is -2.14. The Labute approximate surface area is 225 Å². The van der Waals surface area contributed by atoms with E-state index in [1.165, 1.54) is 22.3 Å². The number of rotatable bonds is 3. The molecule has 8 rings (SSSR count). The van der Waals surface area contributed by atoms with Crippen LogP contribution in [0.4, 0.5) is 0 Å². The third-order valence-corrected chi connectivity index (χ3v) is 7.85. The molecule has 0 N–H and O–H groups in total. The molecule has 0 bridgehead atoms. The molecule has 0 radical (unpaired) electrons. The van der Waals surface area contributed by atoms with Gasteiger partial charge in [-0.3, -0.25) is 0 Å². The molecule has 6 nitrogen and oxygen atoms in total. The van der Waals surface area contributed by atoms with E-state index in [-0.39, 0.29) is 5.41 Å². The second kappa shape index (κ2) is 7.95. The van der Waals surface area contributed by atoms with Gasteiger partial charge in [0, 0.05) is 28.9 Å². The number of pyridine rings is 2. The second-order valence-electron chi connectivity index (χ2n) is 10.6. The summed E-state index contributed by atoms with van der Waals surface area (Å²) in [6.45, 7) is 4.61. The number of benzene rings is 3. The molecule has 0 fully saturated rings. The first kappa shape index (κ1) is 21.9. The van der Waals surface area contributed by atoms with Gasteiger partial charge in [-0.05, 0) is 81.9 Å². The molecule has 0 saturated carbocycles. The molecule has 0 amide bonds. The van der Waals surface area contributed by atoms with Crippen molar-refractivity contribution in [2.45, 2.75) is 19.3 Å². The van der Waals surface area contributed by atoms with Crippen molar-refractivity contribution in [1.82, 2.24) is 29.2 Å². The molecule has 0 atom stereocenters. The Morgan fingerprint density at radius 3 is 1.72 bits per heavy atom. The van der Waals surface area contributed by atoms with E-state index in [0.717, 1.165) is 33.5 Å². The van der Waals surface area contributed by atoms with E-state index in [1.807, 2.05) is 48.8 Å². The molecule has 0 saturated heterocycles. The summed E-state index contributed by atoms with van der Waals surface area (Å²) in [5.41, 5.74) is 11.0. The van der Waals surface area contributed by atoms with Crippen molar-refractivity contribution in [2.24, 2.45) is 0 Å². The Balaban J connectivity index is 1.34. The zero-order valence-corrected chi connectivity index (χ0v) is 21.6. The largest absolute Gasteiger partial charge is 0.221 e. The molecule has 6 heteroatoms. The van der Waals surface area contributed by atoms with Gasteiger partial charge in [0.25, 0.3) is 0 Å². The van der Waals surface area contributed by atoms with Crippen LogP contribution in [0.1, 0.15) is 25.0 Å². The van der Waals surface area contributed by atoms with Crippen molar-refractivity contribution < 1.29 is 0 Å². The van der Waals surface area contributed by atoms with Gasteiger partial charge in [-0.1, -0.05) is 62.4 Å². The molecule has 3 aromatic carbocycles. The van der Waals surface area contributed by atoms with Gasteiger partial charge in [-0.2, -0.15) is 0 Å². The fourth-order valence-corrected chi connectivity index (χ4v) is 5.86. The van der Waals surface area contributed by atoms with Crippen molar-refractivity contribution in [3.8, 4) is 45.0 Å². The Bertz CT molecular complexity index is 1900. The third-order valence-electron chi connectivity index (χ3n) is 7.85. The van der Waals surface area contributed by atoms with E-state index in [4.69, 9.17) is 20.2 Å². The predicted octanol–water partition coefficient (Wildman–Crippen LogP) is 7.08. The minimum absolute atomic E-state index is 0.0294. The van der Waals surface area contributed by atoms with Gasteiger partial charge in [0.1, 0.15) is 0 Å². The summed E-state index contributed by atoms with van der Waals surface area (Å²) in [6, 6.07) is 33.8. The molecule has 7 aromatic rings. The van der Waals surface area contributed by atoms with Crippen molar-refractivity contribution in [3.63, 3.8) is 0 Å². The normalized spacial score (nSPS) is 13.6. The van der Waals surface area contributed by atoms with Gasteiger partial charge in [0.15, 0.2) is 22.9 Å². The second-order valence-corrected chi connectivity index (χ2v) is 10.6. The first-order valence-electron chi connectivity index (χ1n) is 13.1. The molecule has 1 aliphatic rings. The van der Waals surface area contributed by atoms with E-state index in [0.29, 0.717) is 11.6 Å². The van der Waals surface area contributed by atoms with Crippen LogP contribution in [-0.2, 0) is 5.41 Å². The number of hydrogen-bond acceptors (Lipinski definition) is 4. The van der Waals surface area contributed by atoms with Crippen LogP contribution in [0.25, 0.3) is 56.3 Å². The Morgan fingerprint density at radius 2 is 1.08 bits per heavy atom. The molecule has 4 aromatic heterocycles. The zero-order chi connectivity index (χ0) is 26.1. The highest BCUT2D eigenvalue weighted by Gasteiger charge is 2.35. The highest BCUT2D eigenvalue weighted by Crippen LogP contribution is 2.49. The van der Waals surface area contributed by atoms with Crippen LogP contribution in [0, 0.1) is 0 Å². The Morgan fingerprint density at radius 1 is 0.513 bits per heavy atom. The monoisotopic (exact) mass is 504 g/mol.